The van der Waals surface area contributed by atoms with Gasteiger partial charge in [-0.3, -0.25) is 9.59 Å². The molecule has 5 aromatic rings. The van der Waals surface area contributed by atoms with Crippen molar-refractivity contribution >= 4 is 23.9 Å². The van der Waals surface area contributed by atoms with Crippen molar-refractivity contribution < 1.29 is 23.9 Å². The van der Waals surface area contributed by atoms with Crippen LogP contribution in [0.5, 0.6) is 5.75 Å². The number of ether oxygens (including phenoxy) is 2. The molecule has 0 bridgehead atoms. The molecular formula is C49H58N10O5. The minimum atomic E-state index is -0.694. The summed E-state index contributed by atoms with van der Waals surface area (Å²) >= 11 is 0. The van der Waals surface area contributed by atoms with Crippen molar-refractivity contribution in [3.63, 3.8) is 0 Å². The van der Waals surface area contributed by atoms with Crippen molar-refractivity contribution in [2.75, 3.05) is 48.4 Å². The number of fused-ring (bicyclic) bond motifs is 6. The number of carbonyl (C=O) groups excluding carboxylic acids is 3. The zero-order valence-electron chi connectivity index (χ0n) is 37.8. The Bertz CT molecular complexity index is 2590. The van der Waals surface area contributed by atoms with Crippen LogP contribution in [0.2, 0.25) is 0 Å². The molecule has 1 unspecified atom stereocenters. The molecule has 2 fully saturated rings. The first-order valence-electron chi connectivity index (χ1n) is 22.4. The average molecular weight is 867 g/mol. The molecule has 2 saturated heterocycles. The van der Waals surface area contributed by atoms with Crippen molar-refractivity contribution in [1.29, 1.82) is 0 Å². The number of H-pyrrole nitrogens is 2. The third-order valence-electron chi connectivity index (χ3n) is 13.1. The van der Waals surface area contributed by atoms with E-state index in [1.807, 2.05) is 98.2 Å². The maximum atomic E-state index is 14.6. The van der Waals surface area contributed by atoms with Crippen LogP contribution in [0.3, 0.4) is 0 Å². The van der Waals surface area contributed by atoms with Crippen LogP contribution in [0.1, 0.15) is 91.7 Å². The Kier molecular flexibility index (Phi) is 11.7. The molecule has 2 aromatic heterocycles. The molecule has 1 aliphatic carbocycles. The number of rotatable bonds is 9. The lowest BCUT2D eigenvalue weighted by atomic mass is 9.86. The van der Waals surface area contributed by atoms with Crippen LogP contribution in [-0.4, -0.2) is 118 Å². The second-order valence-electron chi connectivity index (χ2n) is 18.1. The zero-order valence-corrected chi connectivity index (χ0v) is 37.8. The summed E-state index contributed by atoms with van der Waals surface area (Å²) in [6.45, 7) is 5.47. The minimum Gasteiger partial charge on any atom is -0.488 e. The molecule has 3 aliphatic heterocycles. The number of benzene rings is 3. The Morgan fingerprint density at radius 3 is 2.27 bits per heavy atom. The molecular weight excluding hydrogens is 809 g/mol. The van der Waals surface area contributed by atoms with Gasteiger partial charge >= 0.3 is 6.09 Å². The molecule has 5 heterocycles. The van der Waals surface area contributed by atoms with E-state index in [0.717, 1.165) is 112 Å². The molecule has 15 nitrogen and oxygen atoms in total. The van der Waals surface area contributed by atoms with E-state index in [4.69, 9.17) is 24.4 Å². The van der Waals surface area contributed by atoms with Crippen molar-refractivity contribution in [2.45, 2.75) is 83.1 Å². The second-order valence-corrected chi connectivity index (χ2v) is 18.1. The second kappa shape index (κ2) is 17.5. The highest BCUT2D eigenvalue weighted by Gasteiger charge is 2.39. The summed E-state index contributed by atoms with van der Waals surface area (Å²) in [7, 11) is 9.08. The molecule has 0 saturated carbocycles. The maximum absolute atomic E-state index is 14.6. The highest BCUT2D eigenvalue weighted by molar-refractivity contribution is 5.89. The summed E-state index contributed by atoms with van der Waals surface area (Å²) in [4.78, 5) is 70.2. The van der Waals surface area contributed by atoms with Gasteiger partial charge < -0.3 is 44.4 Å². The maximum Gasteiger partial charge on any atom is 0.407 e. The standard InChI is InChI=1S/C49H58N10O5/c1-28(2)41(55-49(62)63-7)46(60)58-21-11-15-38(58)44-50-26-37(52-44)31-17-19-33-32(23-31)27-64-40-25-34-30(24-35(33)40)18-20-36-43(34)53-45(51-36)39-16-12-22-59(39)47(61)42(29-13-9-8-10-14-29)54-48(56(3)4)57(5)6/h8-10,13-14,17,19,23-26,28,38-39,41-42H,11-12,15-16,18,20-22,27H2,1-7H3,(H,50,52)(H,51,53)(H,55,62)/t38-,39-,41?,42+/m0/s1. The number of imidazole rings is 2. The number of likely N-dealkylation sites (tertiary alicyclic amines) is 2. The van der Waals surface area contributed by atoms with Crippen LogP contribution in [0.15, 0.2) is 71.9 Å². The van der Waals surface area contributed by atoms with E-state index in [-0.39, 0.29) is 29.8 Å². The van der Waals surface area contributed by atoms with E-state index in [1.165, 1.54) is 12.7 Å². The Hall–Kier alpha value is -6.64. The van der Waals surface area contributed by atoms with Crippen LogP contribution in [-0.2, 0) is 33.8 Å². The van der Waals surface area contributed by atoms with E-state index in [9.17, 15) is 14.4 Å². The van der Waals surface area contributed by atoms with E-state index in [0.29, 0.717) is 19.7 Å². The molecule has 9 rings (SSSR count). The van der Waals surface area contributed by atoms with Crippen LogP contribution in [0, 0.1) is 5.92 Å². The molecule has 3 aromatic carbocycles. The van der Waals surface area contributed by atoms with E-state index in [1.54, 1.807) is 0 Å². The van der Waals surface area contributed by atoms with Gasteiger partial charge in [0, 0.05) is 58.1 Å². The summed E-state index contributed by atoms with van der Waals surface area (Å²) in [5.74, 6) is 2.82. The van der Waals surface area contributed by atoms with Gasteiger partial charge in [0.05, 0.1) is 36.8 Å². The Morgan fingerprint density at radius 1 is 0.844 bits per heavy atom. The molecule has 4 aliphatic rings. The van der Waals surface area contributed by atoms with Gasteiger partial charge in [-0.2, -0.15) is 0 Å². The molecule has 3 amide bonds. The van der Waals surface area contributed by atoms with Gasteiger partial charge in [0.25, 0.3) is 5.91 Å². The first-order valence-corrected chi connectivity index (χ1v) is 22.4. The number of aryl methyl sites for hydroxylation is 2. The molecule has 15 heteroatoms. The van der Waals surface area contributed by atoms with E-state index in [2.05, 4.69) is 45.6 Å². The number of aliphatic imine (C=N–C) groups is 1. The monoisotopic (exact) mass is 866 g/mol. The fourth-order valence-corrected chi connectivity index (χ4v) is 9.90. The van der Waals surface area contributed by atoms with Crippen molar-refractivity contribution in [1.82, 2.24) is 44.9 Å². The Morgan fingerprint density at radius 2 is 1.56 bits per heavy atom. The SMILES string of the molecule is COC(=O)NC(C(=O)N1CCC[C@H]1c1ncc(-c2ccc3c(c2)COc2cc4c(cc2-3)CCc2[nH]c([C@@H]3CCCN3C(=O)[C@H](N=C(N(C)C)N(C)C)c3ccccc3)nc2-4)[nH]1)C(C)C. The summed E-state index contributed by atoms with van der Waals surface area (Å²) in [6.07, 6.45) is 6.22. The van der Waals surface area contributed by atoms with Crippen LogP contribution in [0.25, 0.3) is 33.6 Å². The van der Waals surface area contributed by atoms with Crippen LogP contribution < -0.4 is 10.1 Å². The number of aromatic amines is 2. The van der Waals surface area contributed by atoms with Gasteiger partial charge in [-0.05, 0) is 90.5 Å². The molecule has 4 atom stereocenters. The number of hydrogen-bond donors (Lipinski definition) is 3. The number of methoxy groups -OCH3 is 1. The number of amides is 3. The number of guanidine groups is 1. The number of nitrogens with one attached hydrogen (secondary N) is 3. The summed E-state index contributed by atoms with van der Waals surface area (Å²) in [5, 5.41) is 2.72. The normalized spacial score (nSPS) is 18.2. The van der Waals surface area contributed by atoms with Gasteiger partial charge in [-0.15, -0.1) is 0 Å². The molecule has 0 radical (unpaired) electrons. The molecule has 3 N–H and O–H groups in total. The fourth-order valence-electron chi connectivity index (χ4n) is 9.90. The van der Waals surface area contributed by atoms with E-state index >= 15 is 0 Å². The predicted octanol–water partition coefficient (Wildman–Crippen LogP) is 7.05. The molecule has 0 spiro atoms. The number of aromatic nitrogens is 4. The third kappa shape index (κ3) is 7.96. The quantitative estimate of drug-likeness (QED) is 0.104. The predicted molar refractivity (Wildman–Crippen MR) is 244 cm³/mol. The summed E-state index contributed by atoms with van der Waals surface area (Å²) in [5.41, 5.74) is 10.3. The lowest BCUT2D eigenvalue weighted by Crippen LogP contribution is -2.51. The summed E-state index contributed by atoms with van der Waals surface area (Å²) in [6, 6.07) is 18.9. The van der Waals surface area contributed by atoms with Crippen molar-refractivity contribution in [2.24, 2.45) is 10.9 Å². The van der Waals surface area contributed by atoms with Crippen LogP contribution in [0.4, 0.5) is 4.79 Å². The van der Waals surface area contributed by atoms with Gasteiger partial charge in [0.15, 0.2) is 12.0 Å². The van der Waals surface area contributed by atoms with Gasteiger partial charge in [0.1, 0.15) is 30.0 Å². The third-order valence-corrected chi connectivity index (χ3v) is 13.1. The topological polar surface area (TPSA) is 164 Å². The number of carbonyl (C=O) groups is 3. The highest BCUT2D eigenvalue weighted by atomic mass is 16.5. The molecule has 64 heavy (non-hydrogen) atoms. The summed E-state index contributed by atoms with van der Waals surface area (Å²) < 4.78 is 11.3. The highest BCUT2D eigenvalue weighted by Crippen LogP contribution is 2.46. The molecule has 334 valence electrons. The van der Waals surface area contributed by atoms with Crippen molar-refractivity contribution in [3.8, 4) is 39.4 Å². The fraction of sp³-hybridized carbons (Fsp3) is 0.429. The Balaban J connectivity index is 0.946. The van der Waals surface area contributed by atoms with Crippen molar-refractivity contribution in [3.05, 3.63) is 101 Å². The Labute approximate surface area is 374 Å². The lowest BCUT2D eigenvalue weighted by Gasteiger charge is -2.30. The number of nitrogens with zero attached hydrogens (tertiary/aromatic N) is 7. The largest absolute Gasteiger partial charge is 0.488 e. The number of hydrogen-bond acceptors (Lipinski definition) is 8. The first kappa shape index (κ1) is 42.7. The smallest absolute Gasteiger partial charge is 0.407 e. The van der Waals surface area contributed by atoms with Crippen LogP contribution >= 0.6 is 0 Å². The lowest BCUT2D eigenvalue weighted by molar-refractivity contribution is -0.135. The van der Waals surface area contributed by atoms with Gasteiger partial charge in [0.2, 0.25) is 5.91 Å². The van der Waals surface area contributed by atoms with Gasteiger partial charge in [-0.1, -0.05) is 56.3 Å². The minimum absolute atomic E-state index is 0.0273. The van der Waals surface area contributed by atoms with Gasteiger partial charge in [-0.25, -0.2) is 19.8 Å². The average Bonchev–Trinajstić information content (AvgIpc) is 4.14. The van der Waals surface area contributed by atoms with E-state index < -0.39 is 18.2 Å². The first-order chi connectivity index (χ1) is 30.9. The number of alkyl carbamates (subject to hydrolysis) is 1. The zero-order chi connectivity index (χ0) is 44.8.